The number of aromatic nitrogens is 1. The first-order valence-electron chi connectivity index (χ1n) is 9.48. The summed E-state index contributed by atoms with van der Waals surface area (Å²) < 4.78 is 16.6. The lowest BCUT2D eigenvalue weighted by molar-refractivity contribution is -0.113. The van der Waals surface area contributed by atoms with Gasteiger partial charge in [0, 0.05) is 17.9 Å². The summed E-state index contributed by atoms with van der Waals surface area (Å²) in [6, 6.07) is 13.4. The molecule has 29 heavy (non-hydrogen) atoms. The van der Waals surface area contributed by atoms with Crippen LogP contribution in [0.3, 0.4) is 0 Å². The molecule has 3 atom stereocenters. The van der Waals surface area contributed by atoms with E-state index in [4.69, 9.17) is 25.5 Å². The van der Waals surface area contributed by atoms with Gasteiger partial charge in [-0.3, -0.25) is 0 Å². The number of oxazole rings is 1. The summed E-state index contributed by atoms with van der Waals surface area (Å²) in [6.45, 7) is -0.101. The van der Waals surface area contributed by atoms with Crippen LogP contribution in [0.5, 0.6) is 11.7 Å². The SMILES string of the molecule is OC[C@@H]1CC(O)C[C@H](c2ccc(Cl)c(Cc3ccc(Oc4cnco4)cc3)c2)O1. The van der Waals surface area contributed by atoms with E-state index in [1.807, 2.05) is 42.5 Å². The predicted molar refractivity (Wildman–Crippen MR) is 107 cm³/mol. The van der Waals surface area contributed by atoms with Gasteiger partial charge < -0.3 is 24.1 Å². The van der Waals surface area contributed by atoms with E-state index in [9.17, 15) is 10.2 Å². The Morgan fingerprint density at radius 1 is 1.14 bits per heavy atom. The highest BCUT2D eigenvalue weighted by atomic mass is 35.5. The second-order valence-electron chi connectivity index (χ2n) is 7.15. The van der Waals surface area contributed by atoms with E-state index in [-0.39, 0.29) is 18.8 Å². The van der Waals surface area contributed by atoms with Gasteiger partial charge in [-0.15, -0.1) is 0 Å². The van der Waals surface area contributed by atoms with Gasteiger partial charge in [0.2, 0.25) is 0 Å². The third-order valence-corrected chi connectivity index (χ3v) is 5.34. The molecule has 7 heteroatoms. The zero-order valence-corrected chi connectivity index (χ0v) is 16.5. The van der Waals surface area contributed by atoms with Crippen molar-refractivity contribution in [1.29, 1.82) is 0 Å². The standard InChI is InChI=1S/C22H22ClNO5/c23-20-6-3-15(21-10-17(26)9-19(12-25)28-21)8-16(20)7-14-1-4-18(5-2-14)29-22-11-24-13-27-22/h1-6,8,11,13,17,19,21,25-26H,7,9-10,12H2/t17?,19-,21+/m0/s1. The van der Waals surface area contributed by atoms with Gasteiger partial charge in [0.05, 0.1) is 24.9 Å². The summed E-state index contributed by atoms with van der Waals surface area (Å²) in [4.78, 5) is 3.82. The minimum atomic E-state index is -0.484. The fraction of sp³-hybridized carbons (Fsp3) is 0.318. The highest BCUT2D eigenvalue weighted by Gasteiger charge is 2.29. The molecule has 1 fully saturated rings. The van der Waals surface area contributed by atoms with E-state index in [0.29, 0.717) is 36.0 Å². The molecule has 6 nitrogen and oxygen atoms in total. The third-order valence-electron chi connectivity index (χ3n) is 4.97. The van der Waals surface area contributed by atoms with E-state index < -0.39 is 6.10 Å². The Bertz CT molecular complexity index is 929. The molecule has 2 aromatic carbocycles. The Morgan fingerprint density at radius 2 is 1.97 bits per heavy atom. The van der Waals surface area contributed by atoms with Crippen LogP contribution in [-0.2, 0) is 11.2 Å². The molecule has 0 aliphatic carbocycles. The lowest BCUT2D eigenvalue weighted by atomic mass is 9.94. The minimum absolute atomic E-state index is 0.101. The highest BCUT2D eigenvalue weighted by Crippen LogP contribution is 2.34. The normalized spacial score (nSPS) is 21.8. The number of nitrogens with zero attached hydrogens (tertiary/aromatic N) is 1. The van der Waals surface area contributed by atoms with Crippen molar-refractivity contribution in [2.75, 3.05) is 6.61 Å². The molecule has 2 heterocycles. The number of hydrogen-bond acceptors (Lipinski definition) is 6. The molecule has 1 aromatic heterocycles. The Kier molecular flexibility index (Phi) is 6.16. The van der Waals surface area contributed by atoms with Gasteiger partial charge in [0.1, 0.15) is 11.9 Å². The molecular formula is C22H22ClNO5. The zero-order chi connectivity index (χ0) is 20.2. The Morgan fingerprint density at radius 3 is 2.69 bits per heavy atom. The summed E-state index contributed by atoms with van der Waals surface area (Å²) >= 11 is 6.42. The average Bonchev–Trinajstić information content (AvgIpc) is 3.23. The minimum Gasteiger partial charge on any atom is -0.425 e. The fourth-order valence-corrected chi connectivity index (χ4v) is 3.70. The van der Waals surface area contributed by atoms with Crippen LogP contribution in [0.25, 0.3) is 0 Å². The first-order chi connectivity index (χ1) is 14.1. The second kappa shape index (κ2) is 8.97. The van der Waals surface area contributed by atoms with Gasteiger partial charge in [0.15, 0.2) is 6.39 Å². The summed E-state index contributed by atoms with van der Waals surface area (Å²) in [5.74, 6) is 0.995. The van der Waals surface area contributed by atoms with Gasteiger partial charge >= 0.3 is 5.95 Å². The number of aliphatic hydroxyl groups is 2. The molecule has 0 saturated carbocycles. The van der Waals surface area contributed by atoms with E-state index >= 15 is 0 Å². The maximum Gasteiger partial charge on any atom is 0.310 e. The van der Waals surface area contributed by atoms with Crippen LogP contribution in [0, 0.1) is 0 Å². The van der Waals surface area contributed by atoms with Crippen molar-refractivity contribution in [1.82, 2.24) is 4.98 Å². The second-order valence-corrected chi connectivity index (χ2v) is 7.56. The van der Waals surface area contributed by atoms with E-state index in [0.717, 1.165) is 16.7 Å². The van der Waals surface area contributed by atoms with Gasteiger partial charge in [-0.25, -0.2) is 4.98 Å². The molecule has 4 rings (SSSR count). The summed E-state index contributed by atoms with van der Waals surface area (Å²) in [7, 11) is 0. The zero-order valence-electron chi connectivity index (χ0n) is 15.7. The molecule has 152 valence electrons. The monoisotopic (exact) mass is 415 g/mol. The lowest BCUT2D eigenvalue weighted by Gasteiger charge is -2.32. The predicted octanol–water partition coefficient (Wildman–Crippen LogP) is 4.28. The van der Waals surface area contributed by atoms with E-state index in [2.05, 4.69) is 4.98 Å². The van der Waals surface area contributed by atoms with Crippen LogP contribution >= 0.6 is 11.6 Å². The average molecular weight is 416 g/mol. The number of hydrogen-bond donors (Lipinski definition) is 2. The molecule has 0 radical (unpaired) electrons. The van der Waals surface area contributed by atoms with Crippen LogP contribution in [-0.4, -0.2) is 34.0 Å². The van der Waals surface area contributed by atoms with Crippen LogP contribution in [0.2, 0.25) is 5.02 Å². The van der Waals surface area contributed by atoms with Gasteiger partial charge in [-0.2, -0.15) is 0 Å². The molecule has 0 amide bonds. The topological polar surface area (TPSA) is 85.0 Å². The number of ether oxygens (including phenoxy) is 2. The van der Waals surface area contributed by atoms with Gasteiger partial charge in [-0.05, 0) is 41.3 Å². The van der Waals surface area contributed by atoms with Crippen LogP contribution in [0.4, 0.5) is 0 Å². The first-order valence-corrected chi connectivity index (χ1v) is 9.86. The molecular weight excluding hydrogens is 394 g/mol. The summed E-state index contributed by atoms with van der Waals surface area (Å²) in [6.07, 6.45) is 3.34. The van der Waals surface area contributed by atoms with Crippen LogP contribution < -0.4 is 4.74 Å². The molecule has 0 spiro atoms. The quantitative estimate of drug-likeness (QED) is 0.625. The fourth-order valence-electron chi connectivity index (χ4n) is 3.52. The summed E-state index contributed by atoms with van der Waals surface area (Å²) in [5.41, 5.74) is 3.00. The van der Waals surface area contributed by atoms with Crippen molar-refractivity contribution in [2.45, 2.75) is 37.6 Å². The van der Waals surface area contributed by atoms with Gasteiger partial charge in [-0.1, -0.05) is 35.9 Å². The summed E-state index contributed by atoms with van der Waals surface area (Å²) in [5, 5.41) is 20.1. The Hall–Kier alpha value is -2.38. The Balaban J connectivity index is 1.48. The molecule has 3 aromatic rings. The molecule has 0 bridgehead atoms. The van der Waals surface area contributed by atoms with E-state index in [1.54, 1.807) is 0 Å². The van der Waals surface area contributed by atoms with Crippen molar-refractivity contribution in [3.63, 3.8) is 0 Å². The van der Waals surface area contributed by atoms with Crippen molar-refractivity contribution >= 4 is 11.6 Å². The van der Waals surface area contributed by atoms with Crippen molar-refractivity contribution in [3.05, 3.63) is 76.8 Å². The van der Waals surface area contributed by atoms with Crippen molar-refractivity contribution < 1.29 is 24.1 Å². The third kappa shape index (κ3) is 4.97. The molecule has 1 aliphatic heterocycles. The number of halogens is 1. The molecule has 1 aliphatic rings. The van der Waals surface area contributed by atoms with Crippen molar-refractivity contribution in [3.8, 4) is 11.7 Å². The smallest absolute Gasteiger partial charge is 0.310 e. The largest absolute Gasteiger partial charge is 0.425 e. The molecule has 1 saturated heterocycles. The maximum absolute atomic E-state index is 10.1. The van der Waals surface area contributed by atoms with E-state index in [1.165, 1.54) is 12.6 Å². The van der Waals surface area contributed by atoms with Crippen LogP contribution in [0.1, 0.15) is 35.6 Å². The van der Waals surface area contributed by atoms with Crippen LogP contribution in [0.15, 0.2) is 59.5 Å². The highest BCUT2D eigenvalue weighted by molar-refractivity contribution is 6.31. The number of aliphatic hydroxyl groups excluding tert-OH is 2. The van der Waals surface area contributed by atoms with Gasteiger partial charge in [0.25, 0.3) is 0 Å². The van der Waals surface area contributed by atoms with Crippen molar-refractivity contribution in [2.24, 2.45) is 0 Å². The molecule has 1 unspecified atom stereocenters. The number of benzene rings is 2. The maximum atomic E-state index is 10.1. The molecule has 2 N–H and O–H groups in total. The number of rotatable bonds is 6. The first kappa shape index (κ1) is 19.9. The Labute approximate surface area is 173 Å². The lowest BCUT2D eigenvalue weighted by Crippen LogP contribution is -2.33.